The minimum atomic E-state index is 0.322. The Labute approximate surface area is 113 Å². The summed E-state index contributed by atoms with van der Waals surface area (Å²) in [4.78, 5) is 4.74. The molecular weight excluding hydrogens is 246 g/mol. The van der Waals surface area contributed by atoms with Crippen LogP contribution in [0.5, 0.6) is 0 Å². The predicted octanol–water partition coefficient (Wildman–Crippen LogP) is 3.55. The molecule has 1 heterocycles. The van der Waals surface area contributed by atoms with Crippen molar-refractivity contribution in [1.29, 1.82) is 0 Å². The van der Waals surface area contributed by atoms with E-state index in [4.69, 9.17) is 22.3 Å². The van der Waals surface area contributed by atoms with Crippen LogP contribution in [0.25, 0.3) is 11.0 Å². The molecule has 0 radical (unpaired) electrons. The van der Waals surface area contributed by atoms with Crippen molar-refractivity contribution in [2.24, 2.45) is 5.73 Å². The second-order valence-corrected chi connectivity index (χ2v) is 5.03. The van der Waals surface area contributed by atoms with E-state index in [-0.39, 0.29) is 0 Å². The van der Waals surface area contributed by atoms with E-state index in [0.717, 1.165) is 41.3 Å². The molecule has 1 atom stereocenters. The number of fused-ring (bicyclic) bond motifs is 1. The first-order valence-corrected chi connectivity index (χ1v) is 6.94. The molecule has 0 aliphatic carbocycles. The van der Waals surface area contributed by atoms with Gasteiger partial charge in [-0.15, -0.1) is 0 Å². The summed E-state index contributed by atoms with van der Waals surface area (Å²) in [5.41, 5.74) is 7.98. The number of nitrogens with two attached hydrogens (primary N) is 1. The zero-order valence-electron chi connectivity index (χ0n) is 11.0. The van der Waals surface area contributed by atoms with Gasteiger partial charge in [0, 0.05) is 24.0 Å². The summed E-state index contributed by atoms with van der Waals surface area (Å²) < 4.78 is 2.27. The van der Waals surface area contributed by atoms with Gasteiger partial charge in [0.05, 0.1) is 11.0 Å². The Morgan fingerprint density at radius 3 is 2.78 bits per heavy atom. The third-order valence-corrected chi connectivity index (χ3v) is 3.56. The van der Waals surface area contributed by atoms with Crippen LogP contribution in [0.15, 0.2) is 18.2 Å². The third-order valence-electron chi connectivity index (χ3n) is 3.33. The molecule has 2 N–H and O–H groups in total. The number of rotatable bonds is 5. The van der Waals surface area contributed by atoms with Crippen LogP contribution >= 0.6 is 11.6 Å². The second-order valence-electron chi connectivity index (χ2n) is 4.60. The third kappa shape index (κ3) is 2.38. The first kappa shape index (κ1) is 13.4. The molecular formula is C14H20ClN3. The van der Waals surface area contributed by atoms with Crippen molar-refractivity contribution < 1.29 is 0 Å². The van der Waals surface area contributed by atoms with Crippen LogP contribution in [0.2, 0.25) is 5.02 Å². The van der Waals surface area contributed by atoms with Gasteiger partial charge in [-0.25, -0.2) is 4.98 Å². The number of benzene rings is 1. The Morgan fingerprint density at radius 2 is 2.17 bits per heavy atom. The topological polar surface area (TPSA) is 43.8 Å². The maximum atomic E-state index is 6.08. The summed E-state index contributed by atoms with van der Waals surface area (Å²) in [6.07, 6.45) is 2.09. The fourth-order valence-electron chi connectivity index (χ4n) is 2.34. The van der Waals surface area contributed by atoms with Crippen molar-refractivity contribution in [3.8, 4) is 0 Å². The molecule has 0 amide bonds. The molecule has 0 bridgehead atoms. The smallest absolute Gasteiger partial charge is 0.114 e. The van der Waals surface area contributed by atoms with Gasteiger partial charge in [0.15, 0.2) is 0 Å². The molecule has 98 valence electrons. The second kappa shape index (κ2) is 5.72. The quantitative estimate of drug-likeness (QED) is 0.898. The van der Waals surface area contributed by atoms with E-state index >= 15 is 0 Å². The lowest BCUT2D eigenvalue weighted by molar-refractivity contribution is 0.568. The van der Waals surface area contributed by atoms with Crippen LogP contribution in [0.1, 0.15) is 38.4 Å². The molecule has 3 nitrogen and oxygen atoms in total. The van der Waals surface area contributed by atoms with Crippen LogP contribution < -0.4 is 5.73 Å². The summed E-state index contributed by atoms with van der Waals surface area (Å²) in [5.74, 6) is 1.42. The first-order valence-electron chi connectivity index (χ1n) is 6.57. The molecule has 1 aromatic heterocycles. The van der Waals surface area contributed by atoms with Gasteiger partial charge < -0.3 is 10.3 Å². The monoisotopic (exact) mass is 265 g/mol. The number of nitrogens with zero attached hydrogens (tertiary/aromatic N) is 2. The summed E-state index contributed by atoms with van der Waals surface area (Å²) in [5, 5.41) is 0.757. The molecule has 2 rings (SSSR count). The molecule has 0 saturated heterocycles. The van der Waals surface area contributed by atoms with Crippen molar-refractivity contribution >= 4 is 22.6 Å². The van der Waals surface area contributed by atoms with Crippen molar-refractivity contribution in [3.05, 3.63) is 29.0 Å². The summed E-state index contributed by atoms with van der Waals surface area (Å²) in [6.45, 7) is 5.92. The highest BCUT2D eigenvalue weighted by Crippen LogP contribution is 2.26. The number of aryl methyl sites for hydroxylation is 1. The van der Waals surface area contributed by atoms with E-state index in [1.165, 1.54) is 0 Å². The van der Waals surface area contributed by atoms with Gasteiger partial charge in [0.2, 0.25) is 0 Å². The minimum Gasteiger partial charge on any atom is -0.330 e. The predicted molar refractivity (Wildman–Crippen MR) is 77.1 cm³/mol. The maximum absolute atomic E-state index is 6.08. The Hall–Kier alpha value is -1.06. The first-order chi connectivity index (χ1) is 8.71. The Kier molecular flexibility index (Phi) is 4.25. The fourth-order valence-corrected chi connectivity index (χ4v) is 2.51. The van der Waals surface area contributed by atoms with E-state index in [1.807, 2.05) is 18.2 Å². The van der Waals surface area contributed by atoms with Crippen molar-refractivity contribution in [2.45, 2.75) is 39.2 Å². The summed E-state index contributed by atoms with van der Waals surface area (Å²) in [7, 11) is 0. The molecule has 18 heavy (non-hydrogen) atoms. The van der Waals surface area contributed by atoms with Crippen LogP contribution in [-0.4, -0.2) is 16.1 Å². The highest BCUT2D eigenvalue weighted by Gasteiger charge is 2.17. The number of hydrogen-bond acceptors (Lipinski definition) is 2. The van der Waals surface area contributed by atoms with Gasteiger partial charge in [-0.3, -0.25) is 0 Å². The Bertz CT molecular complexity index is 529. The molecule has 4 heteroatoms. The largest absolute Gasteiger partial charge is 0.330 e. The molecule has 1 aromatic carbocycles. The van der Waals surface area contributed by atoms with Gasteiger partial charge in [-0.2, -0.15) is 0 Å². The average molecular weight is 266 g/mol. The minimum absolute atomic E-state index is 0.322. The molecule has 1 unspecified atom stereocenters. The van der Waals surface area contributed by atoms with Crippen molar-refractivity contribution in [3.63, 3.8) is 0 Å². The highest BCUT2D eigenvalue weighted by atomic mass is 35.5. The Morgan fingerprint density at radius 1 is 1.39 bits per heavy atom. The molecule has 0 aliphatic rings. The summed E-state index contributed by atoms with van der Waals surface area (Å²) >= 11 is 6.08. The van der Waals surface area contributed by atoms with E-state index < -0.39 is 0 Å². The van der Waals surface area contributed by atoms with Crippen LogP contribution in [0.4, 0.5) is 0 Å². The van der Waals surface area contributed by atoms with E-state index in [2.05, 4.69) is 18.4 Å². The van der Waals surface area contributed by atoms with E-state index in [9.17, 15) is 0 Å². The number of imidazole rings is 1. The van der Waals surface area contributed by atoms with Gasteiger partial charge in [0.1, 0.15) is 5.82 Å². The molecule has 2 aromatic rings. The lowest BCUT2D eigenvalue weighted by Gasteiger charge is -2.14. The van der Waals surface area contributed by atoms with Gasteiger partial charge in [0.25, 0.3) is 0 Å². The van der Waals surface area contributed by atoms with Gasteiger partial charge in [-0.05, 0) is 31.0 Å². The zero-order valence-corrected chi connectivity index (χ0v) is 11.7. The molecule has 0 aliphatic heterocycles. The molecule has 0 fully saturated rings. The normalized spacial score (nSPS) is 13.1. The lowest BCUT2D eigenvalue weighted by atomic mass is 10.1. The van der Waals surface area contributed by atoms with Crippen molar-refractivity contribution in [1.82, 2.24) is 9.55 Å². The zero-order chi connectivity index (χ0) is 13.1. The van der Waals surface area contributed by atoms with Gasteiger partial charge >= 0.3 is 0 Å². The SMILES string of the molecule is CCCn1c(C(CC)CN)nc2ccc(Cl)cc21. The van der Waals surface area contributed by atoms with E-state index in [1.54, 1.807) is 0 Å². The highest BCUT2D eigenvalue weighted by molar-refractivity contribution is 6.31. The number of hydrogen-bond donors (Lipinski definition) is 1. The lowest BCUT2D eigenvalue weighted by Crippen LogP contribution is -2.17. The number of aromatic nitrogens is 2. The fraction of sp³-hybridized carbons (Fsp3) is 0.500. The van der Waals surface area contributed by atoms with Gasteiger partial charge in [-0.1, -0.05) is 25.4 Å². The van der Waals surface area contributed by atoms with Crippen LogP contribution in [0, 0.1) is 0 Å². The standard InChI is InChI=1S/C14H20ClN3/c1-3-7-18-13-8-11(15)5-6-12(13)17-14(18)10(4-2)9-16/h5-6,8,10H,3-4,7,9,16H2,1-2H3. The van der Waals surface area contributed by atoms with E-state index in [0.29, 0.717) is 12.5 Å². The Balaban J connectivity index is 2.60. The van der Waals surface area contributed by atoms with Crippen molar-refractivity contribution in [2.75, 3.05) is 6.54 Å². The molecule has 0 spiro atoms. The average Bonchev–Trinajstić information content (AvgIpc) is 2.70. The maximum Gasteiger partial charge on any atom is 0.114 e. The number of halogens is 1. The summed E-state index contributed by atoms with van der Waals surface area (Å²) in [6, 6.07) is 5.86. The van der Waals surface area contributed by atoms with Crippen LogP contribution in [0.3, 0.4) is 0 Å². The molecule has 0 saturated carbocycles. The van der Waals surface area contributed by atoms with Crippen LogP contribution in [-0.2, 0) is 6.54 Å².